The van der Waals surface area contributed by atoms with Gasteiger partial charge in [0, 0.05) is 10.6 Å². The van der Waals surface area contributed by atoms with Gasteiger partial charge in [-0.05, 0) is 18.1 Å². The van der Waals surface area contributed by atoms with Crippen molar-refractivity contribution in [3.05, 3.63) is 29.8 Å². The smallest absolute Gasteiger partial charge is 0.0535 e. The maximum Gasteiger partial charge on any atom is 0.0535 e. The minimum atomic E-state index is -0.698. The molecule has 0 amide bonds. The van der Waals surface area contributed by atoms with Crippen LogP contribution in [0, 0.1) is 0 Å². The average molecular weight is 182 g/mol. The summed E-state index contributed by atoms with van der Waals surface area (Å²) in [5, 5.41) is 0. The molecule has 0 aromatic heterocycles. The van der Waals surface area contributed by atoms with Crippen LogP contribution < -0.4 is 0 Å². The third-order valence-electron chi connectivity index (χ3n) is 1.77. The van der Waals surface area contributed by atoms with Crippen molar-refractivity contribution in [2.75, 3.05) is 5.75 Å². The largest absolute Gasteiger partial charge is 0.254 e. The average Bonchev–Trinajstić information content (AvgIpc) is 2.53. The molecule has 0 saturated heterocycles. The third-order valence-corrected chi connectivity index (χ3v) is 3.24. The van der Waals surface area contributed by atoms with Gasteiger partial charge in [0.05, 0.1) is 10.8 Å². The number of benzene rings is 1. The highest BCUT2D eigenvalue weighted by atomic mass is 32.2. The minimum Gasteiger partial charge on any atom is -0.254 e. The lowest BCUT2D eigenvalue weighted by Crippen LogP contribution is -1.86. The summed E-state index contributed by atoms with van der Waals surface area (Å²) >= 11 is 0. The molecule has 0 fully saturated rings. The second-order valence-corrected chi connectivity index (χ2v) is 3.95. The monoisotopic (exact) mass is 182 g/mol. The standard InChI is InChI=1S/C8H8OS.C2H6/c9-10-6-5-7-3-1-2-4-8(7)10;1-2/h1-4H,5-6H2;1-2H3. The zero-order valence-corrected chi connectivity index (χ0v) is 8.36. The van der Waals surface area contributed by atoms with Gasteiger partial charge in [-0.1, -0.05) is 32.0 Å². The van der Waals surface area contributed by atoms with Crippen LogP contribution in [0.4, 0.5) is 0 Å². The van der Waals surface area contributed by atoms with Gasteiger partial charge in [0.15, 0.2) is 0 Å². The van der Waals surface area contributed by atoms with Gasteiger partial charge in [-0.3, -0.25) is 4.21 Å². The minimum absolute atomic E-state index is 0.698. The molecular formula is C10H14OS. The van der Waals surface area contributed by atoms with E-state index >= 15 is 0 Å². The summed E-state index contributed by atoms with van der Waals surface area (Å²) in [6.45, 7) is 4.00. The Labute approximate surface area is 76.3 Å². The summed E-state index contributed by atoms with van der Waals surface area (Å²) < 4.78 is 11.2. The molecule has 2 rings (SSSR count). The molecule has 0 radical (unpaired) electrons. The van der Waals surface area contributed by atoms with Crippen molar-refractivity contribution in [3.63, 3.8) is 0 Å². The Morgan fingerprint density at radius 2 is 1.92 bits per heavy atom. The quantitative estimate of drug-likeness (QED) is 0.602. The summed E-state index contributed by atoms with van der Waals surface area (Å²) in [7, 11) is -0.698. The molecule has 66 valence electrons. The zero-order chi connectivity index (χ0) is 8.97. The van der Waals surface area contributed by atoms with Crippen LogP contribution in [0.1, 0.15) is 19.4 Å². The predicted molar refractivity (Wildman–Crippen MR) is 52.8 cm³/mol. The molecule has 1 nitrogen and oxygen atoms in total. The zero-order valence-electron chi connectivity index (χ0n) is 7.54. The highest BCUT2D eigenvalue weighted by molar-refractivity contribution is 7.85. The third kappa shape index (κ3) is 1.75. The number of hydrogen-bond acceptors (Lipinski definition) is 1. The lowest BCUT2D eigenvalue weighted by atomic mass is 10.2. The first-order chi connectivity index (χ1) is 5.88. The molecule has 1 aliphatic rings. The highest BCUT2D eigenvalue weighted by Crippen LogP contribution is 2.21. The van der Waals surface area contributed by atoms with E-state index in [2.05, 4.69) is 6.07 Å². The summed E-state index contributed by atoms with van der Waals surface area (Å²) in [4.78, 5) is 1.04. The fraction of sp³-hybridized carbons (Fsp3) is 0.400. The summed E-state index contributed by atoms with van der Waals surface area (Å²) in [6.07, 6.45) is 0.989. The predicted octanol–water partition coefficient (Wildman–Crippen LogP) is 2.38. The van der Waals surface area contributed by atoms with E-state index in [1.807, 2.05) is 32.0 Å². The lowest BCUT2D eigenvalue weighted by Gasteiger charge is -1.92. The Kier molecular flexibility index (Phi) is 3.48. The summed E-state index contributed by atoms with van der Waals surface area (Å²) in [6, 6.07) is 7.96. The van der Waals surface area contributed by atoms with Gasteiger partial charge in [-0.25, -0.2) is 0 Å². The molecule has 1 heterocycles. The normalized spacial score (nSPS) is 19.3. The van der Waals surface area contributed by atoms with Crippen molar-refractivity contribution in [1.29, 1.82) is 0 Å². The van der Waals surface area contributed by atoms with Gasteiger partial charge in [-0.15, -0.1) is 0 Å². The van der Waals surface area contributed by atoms with Crippen LogP contribution in [-0.4, -0.2) is 9.96 Å². The van der Waals surface area contributed by atoms with Crippen molar-refractivity contribution in [2.24, 2.45) is 0 Å². The molecule has 1 atom stereocenters. The van der Waals surface area contributed by atoms with E-state index in [4.69, 9.17) is 0 Å². The van der Waals surface area contributed by atoms with Crippen LogP contribution >= 0.6 is 0 Å². The van der Waals surface area contributed by atoms with E-state index in [-0.39, 0.29) is 0 Å². The van der Waals surface area contributed by atoms with Crippen LogP contribution in [0.3, 0.4) is 0 Å². The number of hydrogen-bond donors (Lipinski definition) is 0. The maximum atomic E-state index is 11.2. The van der Waals surface area contributed by atoms with Crippen LogP contribution in [0.5, 0.6) is 0 Å². The Morgan fingerprint density at radius 3 is 2.58 bits per heavy atom. The number of rotatable bonds is 0. The molecule has 0 aliphatic carbocycles. The molecule has 0 saturated carbocycles. The molecule has 2 heteroatoms. The van der Waals surface area contributed by atoms with Crippen molar-refractivity contribution >= 4 is 10.8 Å². The first-order valence-electron chi connectivity index (χ1n) is 4.34. The van der Waals surface area contributed by atoms with Crippen LogP contribution in [0.25, 0.3) is 0 Å². The van der Waals surface area contributed by atoms with Gasteiger partial charge in [0.1, 0.15) is 0 Å². The summed E-state index contributed by atoms with van der Waals surface area (Å²) in [5.74, 6) is 0.819. The molecular weight excluding hydrogens is 168 g/mol. The molecule has 1 aliphatic heterocycles. The van der Waals surface area contributed by atoms with Gasteiger partial charge in [0.2, 0.25) is 0 Å². The van der Waals surface area contributed by atoms with Crippen molar-refractivity contribution in [1.82, 2.24) is 0 Å². The molecule has 0 bridgehead atoms. The highest BCUT2D eigenvalue weighted by Gasteiger charge is 2.15. The van der Waals surface area contributed by atoms with Crippen LogP contribution in [0.2, 0.25) is 0 Å². The second kappa shape index (κ2) is 4.41. The second-order valence-electron chi connectivity index (χ2n) is 2.41. The van der Waals surface area contributed by atoms with Gasteiger partial charge >= 0.3 is 0 Å². The number of aryl methyl sites for hydroxylation is 1. The fourth-order valence-electron chi connectivity index (χ4n) is 1.25. The molecule has 12 heavy (non-hydrogen) atoms. The Balaban J connectivity index is 0.000000336. The van der Waals surface area contributed by atoms with E-state index in [1.165, 1.54) is 5.56 Å². The van der Waals surface area contributed by atoms with Crippen LogP contribution in [0.15, 0.2) is 29.2 Å². The van der Waals surface area contributed by atoms with Crippen molar-refractivity contribution < 1.29 is 4.21 Å². The maximum absolute atomic E-state index is 11.2. The first-order valence-corrected chi connectivity index (χ1v) is 5.66. The fourth-order valence-corrected chi connectivity index (χ4v) is 2.56. The van der Waals surface area contributed by atoms with E-state index in [0.29, 0.717) is 0 Å². The molecule has 1 aromatic carbocycles. The molecule has 1 unspecified atom stereocenters. The molecule has 0 spiro atoms. The lowest BCUT2D eigenvalue weighted by molar-refractivity contribution is 0.685. The summed E-state index contributed by atoms with van der Waals surface area (Å²) in [5.41, 5.74) is 1.26. The SMILES string of the molecule is CC.O=S1CCc2ccccc21. The Morgan fingerprint density at radius 1 is 1.25 bits per heavy atom. The van der Waals surface area contributed by atoms with Crippen LogP contribution in [-0.2, 0) is 17.2 Å². The van der Waals surface area contributed by atoms with Gasteiger partial charge < -0.3 is 0 Å². The van der Waals surface area contributed by atoms with Crippen molar-refractivity contribution in [2.45, 2.75) is 25.2 Å². The molecule has 1 aromatic rings. The Bertz CT molecular complexity index is 281. The van der Waals surface area contributed by atoms with E-state index < -0.39 is 10.8 Å². The Hall–Kier alpha value is -0.630. The first kappa shape index (κ1) is 9.46. The topological polar surface area (TPSA) is 17.1 Å². The van der Waals surface area contributed by atoms with Gasteiger partial charge in [-0.2, -0.15) is 0 Å². The number of fused-ring (bicyclic) bond motifs is 1. The van der Waals surface area contributed by atoms with Crippen molar-refractivity contribution in [3.8, 4) is 0 Å². The van der Waals surface area contributed by atoms with Gasteiger partial charge in [0.25, 0.3) is 0 Å². The molecule has 0 N–H and O–H groups in total. The van der Waals surface area contributed by atoms with E-state index in [1.54, 1.807) is 0 Å². The van der Waals surface area contributed by atoms with E-state index in [9.17, 15) is 4.21 Å². The van der Waals surface area contributed by atoms with E-state index in [0.717, 1.165) is 17.1 Å².